The van der Waals surface area contributed by atoms with Crippen molar-refractivity contribution in [1.82, 2.24) is 0 Å². The average molecular weight is 219 g/mol. The number of nitrogens with zero attached hydrogens (tertiary/aromatic N) is 1. The van der Waals surface area contributed by atoms with Crippen LogP contribution in [0.25, 0.3) is 0 Å². The third kappa shape index (κ3) is 1.90. The van der Waals surface area contributed by atoms with Crippen molar-refractivity contribution in [2.45, 2.75) is 26.8 Å². The minimum absolute atomic E-state index is 0.0690. The van der Waals surface area contributed by atoms with E-state index in [1.165, 1.54) is 11.1 Å². The molecule has 1 saturated heterocycles. The zero-order valence-corrected chi connectivity index (χ0v) is 9.99. The molecule has 3 heteroatoms. The molecule has 0 aromatic heterocycles. The van der Waals surface area contributed by atoms with Gasteiger partial charge in [0.15, 0.2) is 0 Å². The van der Waals surface area contributed by atoms with Gasteiger partial charge in [-0.2, -0.15) is 0 Å². The van der Waals surface area contributed by atoms with Crippen LogP contribution in [-0.2, 0) is 9.53 Å². The average Bonchev–Trinajstić information content (AvgIpc) is 3.02. The zero-order chi connectivity index (χ0) is 11.7. The lowest BCUT2D eigenvalue weighted by molar-refractivity contribution is -0.142. The predicted molar refractivity (Wildman–Crippen MR) is 63.7 cm³/mol. The molecule has 1 aromatic rings. The van der Waals surface area contributed by atoms with Gasteiger partial charge in [0.25, 0.3) is 0 Å². The van der Waals surface area contributed by atoms with Crippen molar-refractivity contribution in [1.29, 1.82) is 0 Å². The Labute approximate surface area is 96.0 Å². The molecule has 1 aromatic carbocycles. The highest BCUT2D eigenvalue weighted by molar-refractivity contribution is 5.87. The van der Waals surface area contributed by atoms with E-state index in [1.54, 1.807) is 0 Å². The third-order valence-corrected chi connectivity index (χ3v) is 3.06. The second kappa shape index (κ2) is 4.16. The van der Waals surface area contributed by atoms with E-state index >= 15 is 0 Å². The highest BCUT2D eigenvalue weighted by atomic mass is 16.5. The number of benzene rings is 1. The lowest BCUT2D eigenvalue weighted by atomic mass is 10.1. The Morgan fingerprint density at radius 3 is 2.94 bits per heavy atom. The first kappa shape index (κ1) is 11.0. The standard InChI is InChI=1S/C13H17NO2/c1-4-16-13(15)12-8-14(12)11-7-5-6-9(2)10(11)3/h5-7,12H,4,8H2,1-3H3. The van der Waals surface area contributed by atoms with Gasteiger partial charge >= 0.3 is 5.97 Å². The summed E-state index contributed by atoms with van der Waals surface area (Å²) in [5.41, 5.74) is 3.65. The highest BCUT2D eigenvalue weighted by Crippen LogP contribution is 2.32. The van der Waals surface area contributed by atoms with Crippen LogP contribution in [0.3, 0.4) is 0 Å². The summed E-state index contributed by atoms with van der Waals surface area (Å²) in [6.07, 6.45) is 0. The molecule has 1 atom stereocenters. The Morgan fingerprint density at radius 2 is 2.25 bits per heavy atom. The van der Waals surface area contributed by atoms with Crippen molar-refractivity contribution in [3.05, 3.63) is 29.3 Å². The number of anilines is 1. The maximum atomic E-state index is 11.5. The van der Waals surface area contributed by atoms with Crippen LogP contribution in [0.2, 0.25) is 0 Å². The van der Waals surface area contributed by atoms with Crippen LogP contribution in [-0.4, -0.2) is 25.2 Å². The van der Waals surface area contributed by atoms with Crippen molar-refractivity contribution < 1.29 is 9.53 Å². The third-order valence-electron chi connectivity index (χ3n) is 3.06. The molecular formula is C13H17NO2. The summed E-state index contributed by atoms with van der Waals surface area (Å²) in [6, 6.07) is 6.10. The van der Waals surface area contributed by atoms with Gasteiger partial charge in [-0.3, -0.25) is 0 Å². The minimum atomic E-state index is -0.108. The summed E-state index contributed by atoms with van der Waals surface area (Å²) in [4.78, 5) is 13.6. The summed E-state index contributed by atoms with van der Waals surface area (Å²) in [6.45, 7) is 7.24. The highest BCUT2D eigenvalue weighted by Gasteiger charge is 2.42. The molecule has 1 heterocycles. The number of carbonyl (C=O) groups is 1. The Bertz CT molecular complexity index is 414. The van der Waals surface area contributed by atoms with Gasteiger partial charge in [-0.1, -0.05) is 12.1 Å². The number of hydrogen-bond acceptors (Lipinski definition) is 3. The second-order valence-electron chi connectivity index (χ2n) is 4.14. The summed E-state index contributed by atoms with van der Waals surface area (Å²) >= 11 is 0. The van der Waals surface area contributed by atoms with Gasteiger partial charge in [0, 0.05) is 5.69 Å². The van der Waals surface area contributed by atoms with E-state index in [4.69, 9.17) is 4.74 Å². The van der Waals surface area contributed by atoms with Gasteiger partial charge in [-0.05, 0) is 38.0 Å². The molecule has 0 spiro atoms. The molecule has 0 saturated carbocycles. The molecule has 0 amide bonds. The Kier molecular flexibility index (Phi) is 2.86. The maximum absolute atomic E-state index is 11.5. The van der Waals surface area contributed by atoms with Crippen LogP contribution < -0.4 is 4.90 Å². The van der Waals surface area contributed by atoms with Crippen LogP contribution in [0.4, 0.5) is 5.69 Å². The van der Waals surface area contributed by atoms with E-state index < -0.39 is 0 Å². The van der Waals surface area contributed by atoms with Gasteiger partial charge in [-0.25, -0.2) is 4.79 Å². The SMILES string of the molecule is CCOC(=O)C1CN1c1cccc(C)c1C. The zero-order valence-electron chi connectivity index (χ0n) is 9.99. The number of rotatable bonds is 3. The molecule has 1 fully saturated rings. The monoisotopic (exact) mass is 219 g/mol. The molecule has 1 aliphatic heterocycles. The quantitative estimate of drug-likeness (QED) is 0.575. The number of carbonyl (C=O) groups excluding carboxylic acids is 1. The predicted octanol–water partition coefficient (Wildman–Crippen LogP) is 2.06. The molecular weight excluding hydrogens is 202 g/mol. The normalized spacial score (nSPS) is 18.4. The van der Waals surface area contributed by atoms with Crippen LogP contribution >= 0.6 is 0 Å². The van der Waals surface area contributed by atoms with Crippen LogP contribution in [0.5, 0.6) is 0 Å². The molecule has 1 aliphatic rings. The van der Waals surface area contributed by atoms with Crippen molar-refractivity contribution in [3.8, 4) is 0 Å². The van der Waals surface area contributed by atoms with E-state index in [0.717, 1.165) is 12.2 Å². The van der Waals surface area contributed by atoms with E-state index in [1.807, 2.05) is 13.0 Å². The minimum Gasteiger partial charge on any atom is -0.464 e. The first-order valence-electron chi connectivity index (χ1n) is 5.64. The fraction of sp³-hybridized carbons (Fsp3) is 0.462. The molecule has 16 heavy (non-hydrogen) atoms. The number of hydrogen-bond donors (Lipinski definition) is 0. The van der Waals surface area contributed by atoms with Gasteiger partial charge in [-0.15, -0.1) is 0 Å². The van der Waals surface area contributed by atoms with Crippen molar-refractivity contribution in [2.75, 3.05) is 18.1 Å². The first-order valence-corrected chi connectivity index (χ1v) is 5.64. The molecule has 86 valence electrons. The molecule has 1 unspecified atom stereocenters. The van der Waals surface area contributed by atoms with E-state index in [9.17, 15) is 4.79 Å². The number of esters is 1. The number of aryl methyl sites for hydroxylation is 1. The Balaban J connectivity index is 2.11. The summed E-state index contributed by atoms with van der Waals surface area (Å²) in [5, 5.41) is 0. The Hall–Kier alpha value is -1.51. The van der Waals surface area contributed by atoms with Crippen LogP contribution in [0, 0.1) is 13.8 Å². The summed E-state index contributed by atoms with van der Waals surface area (Å²) in [7, 11) is 0. The largest absolute Gasteiger partial charge is 0.464 e. The van der Waals surface area contributed by atoms with Crippen molar-refractivity contribution in [3.63, 3.8) is 0 Å². The van der Waals surface area contributed by atoms with E-state index in [-0.39, 0.29) is 12.0 Å². The van der Waals surface area contributed by atoms with Gasteiger partial charge in [0.05, 0.1) is 13.2 Å². The van der Waals surface area contributed by atoms with Crippen molar-refractivity contribution >= 4 is 11.7 Å². The van der Waals surface area contributed by atoms with E-state index in [2.05, 4.69) is 30.9 Å². The second-order valence-corrected chi connectivity index (χ2v) is 4.14. The van der Waals surface area contributed by atoms with E-state index in [0.29, 0.717) is 6.61 Å². The van der Waals surface area contributed by atoms with Gasteiger partial charge in [0.2, 0.25) is 0 Å². The van der Waals surface area contributed by atoms with Crippen molar-refractivity contribution in [2.24, 2.45) is 0 Å². The molecule has 0 bridgehead atoms. The molecule has 3 nitrogen and oxygen atoms in total. The smallest absolute Gasteiger partial charge is 0.330 e. The molecule has 0 radical (unpaired) electrons. The lowest BCUT2D eigenvalue weighted by Crippen LogP contribution is -2.16. The summed E-state index contributed by atoms with van der Waals surface area (Å²) < 4.78 is 5.01. The van der Waals surface area contributed by atoms with Crippen LogP contribution in [0.15, 0.2) is 18.2 Å². The molecule has 2 rings (SSSR count). The topological polar surface area (TPSA) is 29.3 Å². The number of ether oxygens (including phenoxy) is 1. The van der Waals surface area contributed by atoms with Gasteiger partial charge < -0.3 is 9.64 Å². The fourth-order valence-electron chi connectivity index (χ4n) is 1.89. The molecule has 0 aliphatic carbocycles. The maximum Gasteiger partial charge on any atom is 0.330 e. The fourth-order valence-corrected chi connectivity index (χ4v) is 1.89. The lowest BCUT2D eigenvalue weighted by Gasteiger charge is -2.10. The Morgan fingerprint density at radius 1 is 1.50 bits per heavy atom. The van der Waals surface area contributed by atoms with Crippen LogP contribution in [0.1, 0.15) is 18.1 Å². The molecule has 0 N–H and O–H groups in total. The van der Waals surface area contributed by atoms with Gasteiger partial charge in [0.1, 0.15) is 6.04 Å². The first-order chi connectivity index (χ1) is 7.65. The summed E-state index contributed by atoms with van der Waals surface area (Å²) in [5.74, 6) is -0.108.